The Hall–Kier alpha value is -2.04. The van der Waals surface area contributed by atoms with Gasteiger partial charge in [0, 0.05) is 43.3 Å². The van der Waals surface area contributed by atoms with Crippen LogP contribution in [0.5, 0.6) is 0 Å². The Kier molecular flexibility index (Phi) is 5.07. The van der Waals surface area contributed by atoms with Crippen molar-refractivity contribution >= 4 is 17.5 Å². The van der Waals surface area contributed by atoms with Gasteiger partial charge in [-0.15, -0.1) is 0 Å². The topological polar surface area (TPSA) is 66.6 Å². The second-order valence-electron chi connectivity index (χ2n) is 7.22. The third-order valence-electron chi connectivity index (χ3n) is 5.23. The fourth-order valence-corrected chi connectivity index (χ4v) is 3.83. The lowest BCUT2D eigenvalue weighted by Crippen LogP contribution is -2.47. The summed E-state index contributed by atoms with van der Waals surface area (Å²) in [5.74, 6) is 0.977. The van der Waals surface area contributed by atoms with Crippen LogP contribution in [0.2, 0.25) is 0 Å². The zero-order valence-electron chi connectivity index (χ0n) is 14.4. The Bertz CT molecular complexity index is 608. The van der Waals surface area contributed by atoms with Gasteiger partial charge in [-0.05, 0) is 49.8 Å². The van der Waals surface area contributed by atoms with Gasteiger partial charge in [-0.1, -0.05) is 13.0 Å². The fraction of sp³-hybridized carbons (Fsp3) is 0.579. The van der Waals surface area contributed by atoms with Crippen molar-refractivity contribution in [3.05, 3.63) is 29.8 Å². The molecule has 3 rings (SSSR count). The third-order valence-corrected chi connectivity index (χ3v) is 5.23. The summed E-state index contributed by atoms with van der Waals surface area (Å²) in [6, 6.07) is 7.09. The Morgan fingerprint density at radius 1 is 1.08 bits per heavy atom. The van der Waals surface area contributed by atoms with E-state index in [0.717, 1.165) is 32.4 Å². The van der Waals surface area contributed by atoms with Crippen molar-refractivity contribution in [3.8, 4) is 0 Å². The van der Waals surface area contributed by atoms with Crippen LogP contribution in [-0.4, -0.2) is 47.8 Å². The van der Waals surface area contributed by atoms with Crippen LogP contribution in [0.3, 0.4) is 0 Å². The van der Waals surface area contributed by atoms with Gasteiger partial charge in [0.1, 0.15) is 0 Å². The number of nitrogens with two attached hydrogens (primary N) is 1. The van der Waals surface area contributed by atoms with Crippen molar-refractivity contribution in [3.63, 3.8) is 0 Å². The molecular formula is C19H27N3O2. The highest BCUT2D eigenvalue weighted by atomic mass is 16.2. The molecule has 5 heteroatoms. The van der Waals surface area contributed by atoms with Crippen LogP contribution in [0.15, 0.2) is 24.3 Å². The molecule has 0 bridgehead atoms. The van der Waals surface area contributed by atoms with Gasteiger partial charge in [0.2, 0.25) is 5.91 Å². The number of carbonyl (C=O) groups excluding carboxylic acids is 2. The number of nitrogens with zero attached hydrogens (tertiary/aromatic N) is 2. The number of nitrogen functional groups attached to an aromatic ring is 1. The Balaban J connectivity index is 1.55. The van der Waals surface area contributed by atoms with Gasteiger partial charge in [-0.3, -0.25) is 9.59 Å². The maximum absolute atomic E-state index is 12.7. The van der Waals surface area contributed by atoms with E-state index in [-0.39, 0.29) is 17.7 Å². The largest absolute Gasteiger partial charge is 0.399 e. The van der Waals surface area contributed by atoms with Gasteiger partial charge in [0.15, 0.2) is 0 Å². The van der Waals surface area contributed by atoms with Crippen LogP contribution < -0.4 is 5.73 Å². The molecule has 0 radical (unpaired) electrons. The summed E-state index contributed by atoms with van der Waals surface area (Å²) in [4.78, 5) is 29.1. The Morgan fingerprint density at radius 3 is 2.50 bits per heavy atom. The smallest absolute Gasteiger partial charge is 0.253 e. The molecular weight excluding hydrogens is 302 g/mol. The Morgan fingerprint density at radius 2 is 1.83 bits per heavy atom. The second-order valence-corrected chi connectivity index (χ2v) is 7.22. The van der Waals surface area contributed by atoms with E-state index >= 15 is 0 Å². The molecule has 0 aromatic heterocycles. The van der Waals surface area contributed by atoms with Crippen LogP contribution in [0.25, 0.3) is 0 Å². The zero-order valence-corrected chi connectivity index (χ0v) is 14.4. The standard InChI is InChI=1S/C19H27N3O2/c1-14-4-3-9-22(13-14)18(23)15-7-10-21(11-8-15)19(24)16-5-2-6-17(20)12-16/h2,5-6,12,14-15H,3-4,7-11,13,20H2,1H3. The highest BCUT2D eigenvalue weighted by Gasteiger charge is 2.31. The number of hydrogen-bond acceptors (Lipinski definition) is 3. The predicted molar refractivity (Wildman–Crippen MR) is 94.5 cm³/mol. The van der Waals surface area contributed by atoms with E-state index in [4.69, 9.17) is 5.73 Å². The number of likely N-dealkylation sites (tertiary alicyclic amines) is 2. The van der Waals surface area contributed by atoms with Gasteiger partial charge in [0.05, 0.1) is 0 Å². The van der Waals surface area contributed by atoms with E-state index in [1.54, 1.807) is 24.3 Å². The molecule has 1 atom stereocenters. The number of benzene rings is 1. The molecule has 5 nitrogen and oxygen atoms in total. The van der Waals surface area contributed by atoms with Crippen molar-refractivity contribution in [2.75, 3.05) is 31.9 Å². The molecule has 1 aromatic rings. The average molecular weight is 329 g/mol. The molecule has 2 heterocycles. The van der Waals surface area contributed by atoms with E-state index < -0.39 is 0 Å². The van der Waals surface area contributed by atoms with E-state index in [2.05, 4.69) is 6.92 Å². The SMILES string of the molecule is CC1CCCN(C(=O)C2CCN(C(=O)c3cccc(N)c3)CC2)C1. The summed E-state index contributed by atoms with van der Waals surface area (Å²) < 4.78 is 0. The second kappa shape index (κ2) is 7.24. The van der Waals surface area contributed by atoms with Crippen molar-refractivity contribution in [2.45, 2.75) is 32.6 Å². The van der Waals surface area contributed by atoms with Crippen LogP contribution in [0.4, 0.5) is 5.69 Å². The molecule has 2 saturated heterocycles. The first-order chi connectivity index (χ1) is 11.5. The van der Waals surface area contributed by atoms with Crippen molar-refractivity contribution in [1.82, 2.24) is 9.80 Å². The molecule has 0 saturated carbocycles. The van der Waals surface area contributed by atoms with Crippen LogP contribution in [0, 0.1) is 11.8 Å². The molecule has 0 aliphatic carbocycles. The maximum atomic E-state index is 12.7. The van der Waals surface area contributed by atoms with Gasteiger partial charge in [-0.25, -0.2) is 0 Å². The van der Waals surface area contributed by atoms with Crippen molar-refractivity contribution in [1.29, 1.82) is 0 Å². The molecule has 1 unspecified atom stereocenters. The Labute approximate surface area is 143 Å². The molecule has 0 spiro atoms. The molecule has 2 fully saturated rings. The molecule has 2 aliphatic heterocycles. The van der Waals surface area contributed by atoms with Crippen LogP contribution >= 0.6 is 0 Å². The number of anilines is 1. The average Bonchev–Trinajstić information content (AvgIpc) is 2.60. The summed E-state index contributed by atoms with van der Waals surface area (Å²) in [5, 5.41) is 0. The van der Waals surface area contributed by atoms with Crippen molar-refractivity contribution < 1.29 is 9.59 Å². The van der Waals surface area contributed by atoms with Gasteiger partial charge >= 0.3 is 0 Å². The summed E-state index contributed by atoms with van der Waals surface area (Å²) >= 11 is 0. The van der Waals surface area contributed by atoms with E-state index in [9.17, 15) is 9.59 Å². The minimum absolute atomic E-state index is 0.0137. The van der Waals surface area contributed by atoms with Crippen LogP contribution in [0.1, 0.15) is 43.0 Å². The quantitative estimate of drug-likeness (QED) is 0.847. The van der Waals surface area contributed by atoms with Gasteiger partial charge in [0.25, 0.3) is 5.91 Å². The monoisotopic (exact) mass is 329 g/mol. The summed E-state index contributed by atoms with van der Waals surface area (Å²) in [7, 11) is 0. The predicted octanol–water partition coefficient (Wildman–Crippen LogP) is 2.38. The number of rotatable bonds is 2. The summed E-state index contributed by atoms with van der Waals surface area (Å²) in [5.41, 5.74) is 6.99. The minimum atomic E-state index is 0.0137. The highest BCUT2D eigenvalue weighted by molar-refractivity contribution is 5.95. The molecule has 2 aliphatic rings. The lowest BCUT2D eigenvalue weighted by Gasteiger charge is -2.37. The number of hydrogen-bond donors (Lipinski definition) is 1. The normalized spacial score (nSPS) is 22.5. The fourth-order valence-electron chi connectivity index (χ4n) is 3.83. The summed E-state index contributed by atoms with van der Waals surface area (Å²) in [6.07, 6.45) is 3.85. The first-order valence-electron chi connectivity index (χ1n) is 8.98. The number of amides is 2. The highest BCUT2D eigenvalue weighted by Crippen LogP contribution is 2.24. The third kappa shape index (κ3) is 3.71. The van der Waals surface area contributed by atoms with E-state index in [1.165, 1.54) is 6.42 Å². The number of carbonyl (C=O) groups is 2. The lowest BCUT2D eigenvalue weighted by molar-refractivity contribution is -0.138. The zero-order chi connectivity index (χ0) is 17.1. The lowest BCUT2D eigenvalue weighted by atomic mass is 9.92. The molecule has 1 aromatic carbocycles. The minimum Gasteiger partial charge on any atom is -0.399 e. The van der Waals surface area contributed by atoms with Gasteiger partial charge < -0.3 is 15.5 Å². The van der Waals surface area contributed by atoms with E-state index in [0.29, 0.717) is 30.3 Å². The van der Waals surface area contributed by atoms with E-state index in [1.807, 2.05) is 9.80 Å². The van der Waals surface area contributed by atoms with Crippen molar-refractivity contribution in [2.24, 2.45) is 11.8 Å². The maximum Gasteiger partial charge on any atom is 0.253 e. The molecule has 2 N–H and O–H groups in total. The van der Waals surface area contributed by atoms with Gasteiger partial charge in [-0.2, -0.15) is 0 Å². The molecule has 2 amide bonds. The molecule has 24 heavy (non-hydrogen) atoms. The number of piperidine rings is 2. The first kappa shape index (κ1) is 16.8. The first-order valence-corrected chi connectivity index (χ1v) is 8.98. The van der Waals surface area contributed by atoms with Crippen LogP contribution in [-0.2, 0) is 4.79 Å². The summed E-state index contributed by atoms with van der Waals surface area (Å²) in [6.45, 7) is 5.29. The molecule has 130 valence electrons.